The fraction of sp³-hybridized carbons (Fsp3) is 0.789. The van der Waals surface area contributed by atoms with Crippen molar-refractivity contribution in [3.63, 3.8) is 0 Å². The monoisotopic (exact) mass is 332 g/mol. The summed E-state index contributed by atoms with van der Waals surface area (Å²) in [5.74, 6) is 1.48. The summed E-state index contributed by atoms with van der Waals surface area (Å²) >= 11 is 0. The molecule has 1 aromatic heterocycles. The van der Waals surface area contributed by atoms with E-state index in [4.69, 9.17) is 5.10 Å². The smallest absolute Gasteiger partial charge is 0.219 e. The van der Waals surface area contributed by atoms with Gasteiger partial charge in [0, 0.05) is 57.8 Å². The average molecular weight is 332 g/mol. The normalized spacial score (nSPS) is 22.5. The first kappa shape index (κ1) is 17.5. The Morgan fingerprint density at radius 1 is 1.29 bits per heavy atom. The van der Waals surface area contributed by atoms with Crippen LogP contribution in [-0.4, -0.2) is 52.2 Å². The third kappa shape index (κ3) is 4.18. The molecule has 3 rings (SSSR count). The Kier molecular flexibility index (Phi) is 5.59. The number of hydrogen-bond donors (Lipinski definition) is 0. The van der Waals surface area contributed by atoms with Gasteiger partial charge in [-0.2, -0.15) is 5.10 Å². The summed E-state index contributed by atoms with van der Waals surface area (Å²) in [5.41, 5.74) is 2.73. The number of carbonyl (C=O) groups excluding carboxylic acids is 1. The zero-order valence-electron chi connectivity index (χ0n) is 15.5. The number of carbonyl (C=O) groups is 1. The lowest BCUT2D eigenvalue weighted by Crippen LogP contribution is -2.30. The second-order valence-corrected chi connectivity index (χ2v) is 7.86. The fourth-order valence-electron chi connectivity index (χ4n) is 4.46. The van der Waals surface area contributed by atoms with Crippen molar-refractivity contribution in [2.45, 2.75) is 57.9 Å². The molecule has 1 aliphatic heterocycles. The van der Waals surface area contributed by atoms with Crippen LogP contribution in [-0.2, 0) is 18.4 Å². The molecule has 134 valence electrons. The van der Waals surface area contributed by atoms with E-state index in [0.29, 0.717) is 11.8 Å². The molecule has 1 atom stereocenters. The number of aryl methyl sites for hydroxylation is 1. The number of amides is 1. The Morgan fingerprint density at radius 3 is 2.71 bits per heavy atom. The van der Waals surface area contributed by atoms with Crippen LogP contribution < -0.4 is 0 Å². The highest BCUT2D eigenvalue weighted by atomic mass is 16.2. The number of hydrogen-bond acceptors (Lipinski definition) is 3. The van der Waals surface area contributed by atoms with Crippen LogP contribution in [0.5, 0.6) is 0 Å². The molecule has 5 nitrogen and oxygen atoms in total. The van der Waals surface area contributed by atoms with Gasteiger partial charge in [-0.3, -0.25) is 9.48 Å². The van der Waals surface area contributed by atoms with E-state index in [-0.39, 0.29) is 5.91 Å². The van der Waals surface area contributed by atoms with E-state index in [1.54, 1.807) is 6.92 Å². The third-order valence-corrected chi connectivity index (χ3v) is 5.67. The standard InChI is InChI=1S/C19H32N4O/c1-15(24)23-10-9-16(12-23)11-21(2)13-18-14-22(3)20-19(18)17-7-5-4-6-8-17/h14,16-17H,4-13H2,1-3H3/t16-/m1/s1. The van der Waals surface area contributed by atoms with Gasteiger partial charge in [-0.15, -0.1) is 0 Å². The Bertz CT molecular complexity index is 562. The molecule has 1 aliphatic carbocycles. The maximum Gasteiger partial charge on any atom is 0.219 e. The van der Waals surface area contributed by atoms with Crippen LogP contribution in [0.2, 0.25) is 0 Å². The molecule has 1 saturated carbocycles. The Morgan fingerprint density at radius 2 is 2.04 bits per heavy atom. The van der Waals surface area contributed by atoms with Crippen LogP contribution in [0.4, 0.5) is 0 Å². The highest BCUT2D eigenvalue weighted by molar-refractivity contribution is 5.73. The first-order valence-corrected chi connectivity index (χ1v) is 9.49. The second kappa shape index (κ2) is 7.68. The predicted molar refractivity (Wildman–Crippen MR) is 95.7 cm³/mol. The van der Waals surface area contributed by atoms with Gasteiger partial charge in [0.25, 0.3) is 0 Å². The van der Waals surface area contributed by atoms with Crippen LogP contribution in [0.15, 0.2) is 6.20 Å². The summed E-state index contributed by atoms with van der Waals surface area (Å²) in [5, 5.41) is 4.79. The van der Waals surface area contributed by atoms with Crippen molar-refractivity contribution < 1.29 is 4.79 Å². The Labute approximate surface area is 146 Å². The summed E-state index contributed by atoms with van der Waals surface area (Å²) in [6, 6.07) is 0. The van der Waals surface area contributed by atoms with Crippen molar-refractivity contribution in [3.8, 4) is 0 Å². The molecule has 0 unspecified atom stereocenters. The Hall–Kier alpha value is -1.36. The minimum Gasteiger partial charge on any atom is -0.343 e. The maximum absolute atomic E-state index is 11.5. The number of nitrogens with zero attached hydrogens (tertiary/aromatic N) is 4. The molecule has 1 amide bonds. The third-order valence-electron chi connectivity index (χ3n) is 5.67. The molecule has 24 heavy (non-hydrogen) atoms. The van der Waals surface area contributed by atoms with Gasteiger partial charge in [-0.1, -0.05) is 19.3 Å². The van der Waals surface area contributed by atoms with Crippen molar-refractivity contribution in [2.24, 2.45) is 13.0 Å². The van der Waals surface area contributed by atoms with Crippen LogP contribution in [0.3, 0.4) is 0 Å². The zero-order chi connectivity index (χ0) is 17.1. The lowest BCUT2D eigenvalue weighted by atomic mass is 9.85. The first-order valence-electron chi connectivity index (χ1n) is 9.49. The molecule has 2 heterocycles. The molecule has 0 radical (unpaired) electrons. The SMILES string of the molecule is CC(=O)N1CC[C@H](CN(C)Cc2cn(C)nc2C2CCCCC2)C1. The molecule has 0 spiro atoms. The van der Waals surface area contributed by atoms with E-state index in [2.05, 4.69) is 18.1 Å². The van der Waals surface area contributed by atoms with Crippen LogP contribution >= 0.6 is 0 Å². The Balaban J connectivity index is 1.58. The van der Waals surface area contributed by atoms with E-state index in [1.807, 2.05) is 16.6 Å². The van der Waals surface area contributed by atoms with E-state index in [9.17, 15) is 4.79 Å². The van der Waals surface area contributed by atoms with Gasteiger partial charge >= 0.3 is 0 Å². The number of aromatic nitrogens is 2. The quantitative estimate of drug-likeness (QED) is 0.832. The van der Waals surface area contributed by atoms with Gasteiger partial charge in [0.05, 0.1) is 5.69 Å². The highest BCUT2D eigenvalue weighted by Crippen LogP contribution is 2.33. The molecule has 5 heteroatoms. The number of likely N-dealkylation sites (tertiary alicyclic amines) is 1. The van der Waals surface area contributed by atoms with Crippen molar-refractivity contribution in [2.75, 3.05) is 26.7 Å². The largest absolute Gasteiger partial charge is 0.343 e. The van der Waals surface area contributed by atoms with E-state index >= 15 is 0 Å². The van der Waals surface area contributed by atoms with Gasteiger partial charge in [-0.25, -0.2) is 0 Å². The van der Waals surface area contributed by atoms with Gasteiger partial charge < -0.3 is 9.80 Å². The average Bonchev–Trinajstić information content (AvgIpc) is 3.15. The molecule has 2 fully saturated rings. The van der Waals surface area contributed by atoms with Gasteiger partial charge in [-0.05, 0) is 32.2 Å². The van der Waals surface area contributed by atoms with E-state index < -0.39 is 0 Å². The lowest BCUT2D eigenvalue weighted by Gasteiger charge is -2.24. The molecule has 1 saturated heterocycles. The topological polar surface area (TPSA) is 41.4 Å². The van der Waals surface area contributed by atoms with Crippen molar-refractivity contribution in [1.29, 1.82) is 0 Å². The first-order chi connectivity index (χ1) is 11.5. The van der Waals surface area contributed by atoms with E-state index in [1.165, 1.54) is 43.4 Å². The fourth-order valence-corrected chi connectivity index (χ4v) is 4.46. The van der Waals surface area contributed by atoms with Gasteiger partial charge in [0.15, 0.2) is 0 Å². The maximum atomic E-state index is 11.5. The summed E-state index contributed by atoms with van der Waals surface area (Å²) < 4.78 is 1.99. The summed E-state index contributed by atoms with van der Waals surface area (Å²) in [6.45, 7) is 5.55. The molecule has 1 aromatic rings. The molecule has 0 bridgehead atoms. The van der Waals surface area contributed by atoms with Crippen LogP contribution in [0, 0.1) is 5.92 Å². The minimum atomic E-state index is 0.215. The molecule has 0 aromatic carbocycles. The van der Waals surface area contributed by atoms with Crippen molar-refractivity contribution in [3.05, 3.63) is 17.5 Å². The minimum absolute atomic E-state index is 0.215. The molecule has 2 aliphatic rings. The van der Waals surface area contributed by atoms with Crippen molar-refractivity contribution >= 4 is 5.91 Å². The summed E-state index contributed by atoms with van der Waals surface area (Å²) in [4.78, 5) is 15.9. The number of rotatable bonds is 5. The lowest BCUT2D eigenvalue weighted by molar-refractivity contribution is -0.127. The molecular formula is C19H32N4O. The van der Waals surface area contributed by atoms with Gasteiger partial charge in [0.2, 0.25) is 5.91 Å². The highest BCUT2D eigenvalue weighted by Gasteiger charge is 2.26. The van der Waals surface area contributed by atoms with Crippen LogP contribution in [0.25, 0.3) is 0 Å². The van der Waals surface area contributed by atoms with E-state index in [0.717, 1.165) is 32.6 Å². The summed E-state index contributed by atoms with van der Waals surface area (Å²) in [7, 11) is 4.24. The zero-order valence-corrected chi connectivity index (χ0v) is 15.5. The van der Waals surface area contributed by atoms with Gasteiger partial charge in [0.1, 0.15) is 0 Å². The summed E-state index contributed by atoms with van der Waals surface area (Å²) in [6.07, 6.45) is 10.0. The molecule has 0 N–H and O–H groups in total. The van der Waals surface area contributed by atoms with Crippen LogP contribution in [0.1, 0.15) is 62.6 Å². The molecular weight excluding hydrogens is 300 g/mol. The predicted octanol–water partition coefficient (Wildman–Crippen LogP) is 2.77. The van der Waals surface area contributed by atoms with Crippen molar-refractivity contribution in [1.82, 2.24) is 19.6 Å². The second-order valence-electron chi connectivity index (χ2n) is 7.86.